The number of fused-ring (bicyclic) bond motifs is 1. The van der Waals surface area contributed by atoms with Crippen LogP contribution < -0.4 is 10.6 Å². The van der Waals surface area contributed by atoms with Gasteiger partial charge < -0.3 is 10.6 Å². The van der Waals surface area contributed by atoms with Crippen molar-refractivity contribution in [2.45, 2.75) is 49.7 Å². The topological polar surface area (TPSA) is 82.0 Å². The van der Waals surface area contributed by atoms with Crippen LogP contribution in [-0.4, -0.2) is 17.1 Å². The van der Waals surface area contributed by atoms with E-state index in [1.165, 1.54) is 16.6 Å². The van der Waals surface area contributed by atoms with Gasteiger partial charge in [0.2, 0.25) is 11.8 Å². The highest BCUT2D eigenvalue weighted by molar-refractivity contribution is 8.00. The molecule has 1 aromatic heterocycles. The average molecular weight is 490 g/mol. The molecule has 1 aliphatic carbocycles. The summed E-state index contributed by atoms with van der Waals surface area (Å²) in [5.74, 6) is 0.391. The molecule has 0 radical (unpaired) electrons. The molecule has 0 aliphatic heterocycles. The van der Waals surface area contributed by atoms with Gasteiger partial charge in [-0.2, -0.15) is 5.26 Å². The monoisotopic (exact) mass is 489 g/mol. The van der Waals surface area contributed by atoms with Crippen molar-refractivity contribution in [3.8, 4) is 6.07 Å². The van der Waals surface area contributed by atoms with Crippen molar-refractivity contribution >= 4 is 45.6 Å². The number of benzene rings is 2. The van der Waals surface area contributed by atoms with Gasteiger partial charge in [0.05, 0.1) is 17.2 Å². The van der Waals surface area contributed by atoms with E-state index in [0.29, 0.717) is 28.6 Å². The lowest BCUT2D eigenvalue weighted by molar-refractivity contribution is -0.116. The second-order valence-electron chi connectivity index (χ2n) is 8.66. The summed E-state index contributed by atoms with van der Waals surface area (Å²) in [6, 6.07) is 19.4. The van der Waals surface area contributed by atoms with Crippen LogP contribution in [-0.2, 0) is 28.9 Å². The van der Waals surface area contributed by atoms with Gasteiger partial charge in [-0.3, -0.25) is 9.59 Å². The Kier molecular flexibility index (Phi) is 7.71. The predicted octanol–water partition coefficient (Wildman–Crippen LogP) is 6.05. The van der Waals surface area contributed by atoms with E-state index in [2.05, 4.69) is 23.6 Å². The molecule has 7 heteroatoms. The Hall–Kier alpha value is -3.08. The fraction of sp³-hybridized carbons (Fsp3) is 0.296. The number of nitriles is 1. The van der Waals surface area contributed by atoms with Crippen molar-refractivity contribution in [2.75, 3.05) is 10.6 Å². The molecule has 34 heavy (non-hydrogen) atoms. The maximum Gasteiger partial charge on any atom is 0.238 e. The molecule has 1 aliphatic rings. The Labute approximate surface area is 208 Å². The molecule has 0 saturated carbocycles. The molecule has 2 N–H and O–H groups in total. The molecule has 1 heterocycles. The Balaban J connectivity index is 1.37. The zero-order valence-electron chi connectivity index (χ0n) is 19.3. The van der Waals surface area contributed by atoms with E-state index in [4.69, 9.17) is 0 Å². The largest absolute Gasteiger partial charge is 0.326 e. The number of nitrogens with one attached hydrogen (secondary N) is 2. The second-order valence-corrected chi connectivity index (χ2v) is 11.2. The van der Waals surface area contributed by atoms with Crippen LogP contribution in [0.15, 0.2) is 59.5 Å². The molecular weight excluding hydrogens is 462 g/mol. The molecule has 174 valence electrons. The molecular formula is C27H27N3O2S2. The molecule has 2 amide bonds. The standard InChI is InChI=1S/C27H27N3O2S2/c1-17-11-12-22-23(16-28)27(34-24(22)13-17)30-26(32)18(2)33-21-10-6-9-20(15-21)29-25(31)14-19-7-4-3-5-8-19/h3-10,15,17-18H,11-14H2,1-2H3,(H,29,31)(H,30,32). The highest BCUT2D eigenvalue weighted by Gasteiger charge is 2.26. The summed E-state index contributed by atoms with van der Waals surface area (Å²) in [6.45, 7) is 4.08. The first-order valence-electron chi connectivity index (χ1n) is 11.4. The van der Waals surface area contributed by atoms with Gasteiger partial charge >= 0.3 is 0 Å². The Morgan fingerprint density at radius 2 is 1.97 bits per heavy atom. The fourth-order valence-electron chi connectivity index (χ4n) is 4.06. The quantitative estimate of drug-likeness (QED) is 0.396. The number of carbonyl (C=O) groups is 2. The van der Waals surface area contributed by atoms with E-state index < -0.39 is 0 Å². The van der Waals surface area contributed by atoms with Gasteiger partial charge in [0.25, 0.3) is 0 Å². The molecule has 0 spiro atoms. The molecule has 4 rings (SSSR count). The van der Waals surface area contributed by atoms with Crippen molar-refractivity contribution in [2.24, 2.45) is 5.92 Å². The SMILES string of the molecule is CC1CCc2c(sc(NC(=O)C(C)Sc3cccc(NC(=O)Cc4ccccc4)c3)c2C#N)C1. The first-order chi connectivity index (χ1) is 16.4. The van der Waals surface area contributed by atoms with E-state index in [-0.39, 0.29) is 17.1 Å². The van der Waals surface area contributed by atoms with Crippen LogP contribution in [0.4, 0.5) is 10.7 Å². The molecule has 5 nitrogen and oxygen atoms in total. The fourth-order valence-corrected chi connectivity index (χ4v) is 6.35. The first-order valence-corrected chi connectivity index (χ1v) is 13.1. The van der Waals surface area contributed by atoms with E-state index in [1.807, 2.05) is 61.5 Å². The lowest BCUT2D eigenvalue weighted by atomic mass is 9.89. The molecule has 2 aromatic carbocycles. The van der Waals surface area contributed by atoms with E-state index in [9.17, 15) is 14.9 Å². The minimum atomic E-state index is -0.361. The van der Waals surface area contributed by atoms with E-state index in [0.717, 1.165) is 35.3 Å². The number of hydrogen-bond acceptors (Lipinski definition) is 5. The van der Waals surface area contributed by atoms with Crippen LogP contribution >= 0.6 is 23.1 Å². The molecule has 0 bridgehead atoms. The van der Waals surface area contributed by atoms with Crippen LogP contribution in [0.3, 0.4) is 0 Å². The maximum absolute atomic E-state index is 12.9. The van der Waals surface area contributed by atoms with Crippen molar-refractivity contribution in [3.63, 3.8) is 0 Å². The van der Waals surface area contributed by atoms with Gasteiger partial charge in [-0.15, -0.1) is 23.1 Å². The first kappa shape index (κ1) is 24.1. The summed E-state index contributed by atoms with van der Waals surface area (Å²) in [7, 11) is 0. The van der Waals surface area contributed by atoms with Gasteiger partial charge in [-0.05, 0) is 61.4 Å². The third-order valence-electron chi connectivity index (χ3n) is 5.87. The Morgan fingerprint density at radius 3 is 2.74 bits per heavy atom. The summed E-state index contributed by atoms with van der Waals surface area (Å²) >= 11 is 2.96. The van der Waals surface area contributed by atoms with Gasteiger partial charge in [0.15, 0.2) is 0 Å². The summed E-state index contributed by atoms with van der Waals surface area (Å²) < 4.78 is 0. The number of rotatable bonds is 7. The molecule has 2 unspecified atom stereocenters. The van der Waals surface area contributed by atoms with Gasteiger partial charge in [-0.1, -0.05) is 43.3 Å². The Bertz CT molecular complexity index is 1230. The summed E-state index contributed by atoms with van der Waals surface area (Å²) in [4.78, 5) is 27.4. The molecule has 2 atom stereocenters. The minimum absolute atomic E-state index is 0.0841. The summed E-state index contributed by atoms with van der Waals surface area (Å²) in [6.07, 6.45) is 3.26. The molecule has 0 fully saturated rings. The summed E-state index contributed by atoms with van der Waals surface area (Å²) in [5, 5.41) is 15.9. The highest BCUT2D eigenvalue weighted by Crippen LogP contribution is 2.39. The van der Waals surface area contributed by atoms with Crippen molar-refractivity contribution in [1.29, 1.82) is 5.26 Å². The van der Waals surface area contributed by atoms with Crippen LogP contribution in [0.2, 0.25) is 0 Å². The Morgan fingerprint density at radius 1 is 1.18 bits per heavy atom. The van der Waals surface area contributed by atoms with E-state index >= 15 is 0 Å². The number of anilines is 2. The number of amides is 2. The van der Waals surface area contributed by atoms with E-state index in [1.54, 1.807) is 11.3 Å². The average Bonchev–Trinajstić information content (AvgIpc) is 3.15. The molecule has 3 aromatic rings. The van der Waals surface area contributed by atoms with Crippen LogP contribution in [0.5, 0.6) is 0 Å². The van der Waals surface area contributed by atoms with Gasteiger partial charge in [0, 0.05) is 15.5 Å². The zero-order valence-corrected chi connectivity index (χ0v) is 20.9. The zero-order chi connectivity index (χ0) is 24.1. The van der Waals surface area contributed by atoms with Crippen molar-refractivity contribution in [1.82, 2.24) is 0 Å². The third kappa shape index (κ3) is 5.88. The minimum Gasteiger partial charge on any atom is -0.326 e. The lowest BCUT2D eigenvalue weighted by Crippen LogP contribution is -2.22. The third-order valence-corrected chi connectivity index (χ3v) is 8.13. The van der Waals surface area contributed by atoms with Crippen LogP contribution in [0.1, 0.15) is 41.8 Å². The smallest absolute Gasteiger partial charge is 0.238 e. The number of carbonyl (C=O) groups excluding carboxylic acids is 2. The van der Waals surface area contributed by atoms with Gasteiger partial charge in [-0.25, -0.2) is 0 Å². The normalized spacial score (nSPS) is 15.6. The van der Waals surface area contributed by atoms with Crippen molar-refractivity contribution in [3.05, 3.63) is 76.2 Å². The second kappa shape index (κ2) is 10.9. The number of nitrogens with zero attached hydrogens (tertiary/aromatic N) is 1. The lowest BCUT2D eigenvalue weighted by Gasteiger charge is -2.17. The predicted molar refractivity (Wildman–Crippen MR) is 139 cm³/mol. The maximum atomic E-state index is 12.9. The van der Waals surface area contributed by atoms with Crippen LogP contribution in [0.25, 0.3) is 0 Å². The van der Waals surface area contributed by atoms with Crippen molar-refractivity contribution < 1.29 is 9.59 Å². The number of thiophene rings is 1. The van der Waals surface area contributed by atoms with Crippen LogP contribution in [0, 0.1) is 17.2 Å². The summed E-state index contributed by atoms with van der Waals surface area (Å²) in [5.41, 5.74) is 3.39. The van der Waals surface area contributed by atoms with Gasteiger partial charge in [0.1, 0.15) is 11.1 Å². The highest BCUT2D eigenvalue weighted by atomic mass is 32.2. The number of thioether (sulfide) groups is 1. The number of hydrogen-bond donors (Lipinski definition) is 2. The molecule has 0 saturated heterocycles.